The Morgan fingerprint density at radius 2 is 2.15 bits per heavy atom. The summed E-state index contributed by atoms with van der Waals surface area (Å²) < 4.78 is 32.5. The lowest BCUT2D eigenvalue weighted by Gasteiger charge is -2.30. The molecule has 1 aliphatic rings. The normalized spacial score (nSPS) is 18.3. The van der Waals surface area contributed by atoms with Crippen molar-refractivity contribution in [3.05, 3.63) is 48.4 Å². The lowest BCUT2D eigenvalue weighted by Crippen LogP contribution is -2.39. The molecule has 8 heteroatoms. The Kier molecular flexibility index (Phi) is 6.30. The second-order valence-electron chi connectivity index (χ2n) is 6.96. The molecule has 0 radical (unpaired) electrons. The highest BCUT2D eigenvalue weighted by Crippen LogP contribution is 2.17. The molecule has 1 amide bonds. The number of sulfonamides is 1. The molecule has 3 rings (SSSR count). The number of furan rings is 1. The zero-order chi connectivity index (χ0) is 19.3. The van der Waals surface area contributed by atoms with Crippen LogP contribution in [0, 0.1) is 5.92 Å². The van der Waals surface area contributed by atoms with Crippen molar-refractivity contribution in [2.24, 2.45) is 5.92 Å². The van der Waals surface area contributed by atoms with Crippen LogP contribution in [0.15, 0.2) is 52.0 Å². The lowest BCUT2D eigenvalue weighted by atomic mass is 10.0. The smallest absolute Gasteiger partial charge is 0.241 e. The number of benzene rings is 1. The third-order valence-corrected chi connectivity index (χ3v) is 5.95. The fraction of sp³-hybridized carbons (Fsp3) is 0.421. The summed E-state index contributed by atoms with van der Waals surface area (Å²) in [4.78, 5) is 14.5. The van der Waals surface area contributed by atoms with Gasteiger partial charge in [0.2, 0.25) is 15.9 Å². The number of piperidine rings is 1. The maximum absolute atomic E-state index is 12.4. The highest BCUT2D eigenvalue weighted by Gasteiger charge is 2.19. The number of amides is 1. The summed E-state index contributed by atoms with van der Waals surface area (Å²) in [6.07, 6.45) is 3.79. The molecule has 0 aliphatic carbocycles. The third-order valence-electron chi connectivity index (χ3n) is 4.55. The highest BCUT2D eigenvalue weighted by atomic mass is 32.2. The molecule has 1 atom stereocenters. The van der Waals surface area contributed by atoms with Crippen molar-refractivity contribution >= 4 is 21.6 Å². The summed E-state index contributed by atoms with van der Waals surface area (Å²) in [6.45, 7) is 4.41. The van der Waals surface area contributed by atoms with Gasteiger partial charge in [0.05, 0.1) is 24.2 Å². The zero-order valence-electron chi connectivity index (χ0n) is 15.3. The van der Waals surface area contributed by atoms with Crippen molar-refractivity contribution < 1.29 is 17.6 Å². The van der Waals surface area contributed by atoms with E-state index >= 15 is 0 Å². The van der Waals surface area contributed by atoms with Crippen LogP contribution in [0.3, 0.4) is 0 Å². The van der Waals surface area contributed by atoms with E-state index in [4.69, 9.17) is 4.42 Å². The Labute approximate surface area is 159 Å². The van der Waals surface area contributed by atoms with Crippen molar-refractivity contribution in [1.82, 2.24) is 9.62 Å². The number of rotatable bonds is 7. The number of anilines is 1. The van der Waals surface area contributed by atoms with E-state index in [2.05, 4.69) is 21.9 Å². The number of nitrogens with one attached hydrogen (secondary N) is 2. The molecule has 1 aromatic heterocycles. The Balaban J connectivity index is 1.59. The van der Waals surface area contributed by atoms with E-state index in [1.807, 2.05) is 0 Å². The lowest BCUT2D eigenvalue weighted by molar-refractivity contribution is -0.117. The Morgan fingerprint density at radius 1 is 1.30 bits per heavy atom. The highest BCUT2D eigenvalue weighted by molar-refractivity contribution is 7.89. The van der Waals surface area contributed by atoms with Gasteiger partial charge in [-0.1, -0.05) is 13.0 Å². The summed E-state index contributed by atoms with van der Waals surface area (Å²) in [5.41, 5.74) is 0.464. The van der Waals surface area contributed by atoms with Gasteiger partial charge in [-0.15, -0.1) is 0 Å². The van der Waals surface area contributed by atoms with E-state index in [1.165, 1.54) is 24.8 Å². The van der Waals surface area contributed by atoms with Gasteiger partial charge in [0.25, 0.3) is 0 Å². The van der Waals surface area contributed by atoms with Crippen LogP contribution in [-0.4, -0.2) is 38.9 Å². The van der Waals surface area contributed by atoms with Gasteiger partial charge >= 0.3 is 0 Å². The van der Waals surface area contributed by atoms with E-state index in [1.54, 1.807) is 24.3 Å². The summed E-state index contributed by atoms with van der Waals surface area (Å²) in [7, 11) is -3.70. The van der Waals surface area contributed by atoms with Crippen LogP contribution in [0.1, 0.15) is 25.5 Å². The maximum Gasteiger partial charge on any atom is 0.241 e. The molecule has 1 saturated heterocycles. The van der Waals surface area contributed by atoms with Gasteiger partial charge in [-0.05, 0) is 55.6 Å². The van der Waals surface area contributed by atoms with E-state index < -0.39 is 10.0 Å². The minimum absolute atomic E-state index is 0.0685. The van der Waals surface area contributed by atoms with Crippen LogP contribution >= 0.6 is 0 Å². The first kappa shape index (κ1) is 19.6. The van der Waals surface area contributed by atoms with Gasteiger partial charge in [0.15, 0.2) is 0 Å². The summed E-state index contributed by atoms with van der Waals surface area (Å²) in [6, 6.07) is 9.64. The second-order valence-corrected chi connectivity index (χ2v) is 8.73. The molecule has 2 N–H and O–H groups in total. The molecule has 1 aliphatic heterocycles. The van der Waals surface area contributed by atoms with Gasteiger partial charge in [-0.25, -0.2) is 13.1 Å². The molecule has 0 spiro atoms. The van der Waals surface area contributed by atoms with Crippen molar-refractivity contribution in [3.63, 3.8) is 0 Å². The molecule has 27 heavy (non-hydrogen) atoms. The van der Waals surface area contributed by atoms with Crippen LogP contribution in [-0.2, 0) is 21.4 Å². The fourth-order valence-corrected chi connectivity index (χ4v) is 4.28. The summed E-state index contributed by atoms with van der Waals surface area (Å²) in [5, 5.41) is 2.79. The first-order valence-electron chi connectivity index (χ1n) is 9.07. The number of hydrogen-bond donors (Lipinski definition) is 2. The van der Waals surface area contributed by atoms with Crippen LogP contribution in [0.5, 0.6) is 0 Å². The largest absolute Gasteiger partial charge is 0.468 e. The Hall–Kier alpha value is -2.16. The number of hydrogen-bond acceptors (Lipinski definition) is 5. The molecule has 7 nitrogen and oxygen atoms in total. The first-order valence-corrected chi connectivity index (χ1v) is 10.5. The van der Waals surface area contributed by atoms with Crippen molar-refractivity contribution in [2.45, 2.75) is 31.2 Å². The van der Waals surface area contributed by atoms with E-state index in [0.717, 1.165) is 19.5 Å². The minimum atomic E-state index is -3.70. The predicted octanol–water partition coefficient (Wildman–Crippen LogP) is 2.43. The molecular weight excluding hydrogens is 366 g/mol. The number of likely N-dealkylation sites (tertiary alicyclic amines) is 1. The van der Waals surface area contributed by atoms with Gasteiger partial charge in [0.1, 0.15) is 5.76 Å². The quantitative estimate of drug-likeness (QED) is 0.756. The standard InChI is InChI=1S/C19H25N3O4S/c1-15-5-3-9-22(13-15)14-19(23)21-16-6-2-8-18(11-16)27(24,25)20-12-17-7-4-10-26-17/h2,4,6-8,10-11,15,20H,3,5,9,12-14H2,1H3,(H,21,23)/t15-/m1/s1. The molecule has 0 saturated carbocycles. The van der Waals surface area contributed by atoms with Crippen molar-refractivity contribution in [3.8, 4) is 0 Å². The van der Waals surface area contributed by atoms with Crippen LogP contribution < -0.4 is 10.0 Å². The SMILES string of the molecule is C[C@@H]1CCCN(CC(=O)Nc2cccc(S(=O)(=O)NCc3ccco3)c2)C1. The first-order chi connectivity index (χ1) is 12.9. The number of nitrogens with zero attached hydrogens (tertiary/aromatic N) is 1. The van der Waals surface area contributed by atoms with Crippen LogP contribution in [0.2, 0.25) is 0 Å². The van der Waals surface area contributed by atoms with Gasteiger partial charge in [0, 0.05) is 12.2 Å². The topological polar surface area (TPSA) is 91.7 Å². The molecule has 2 heterocycles. The summed E-state index contributed by atoms with van der Waals surface area (Å²) >= 11 is 0. The van der Waals surface area contributed by atoms with Crippen LogP contribution in [0.25, 0.3) is 0 Å². The zero-order valence-corrected chi connectivity index (χ0v) is 16.2. The second kappa shape index (κ2) is 8.69. The van der Waals surface area contributed by atoms with Crippen molar-refractivity contribution in [1.29, 1.82) is 0 Å². The molecule has 1 fully saturated rings. The molecule has 0 bridgehead atoms. The molecule has 0 unspecified atom stereocenters. The fourth-order valence-electron chi connectivity index (χ4n) is 3.24. The average Bonchev–Trinajstić information content (AvgIpc) is 3.14. The van der Waals surface area contributed by atoms with Gasteiger partial charge in [-0.2, -0.15) is 0 Å². The predicted molar refractivity (Wildman–Crippen MR) is 103 cm³/mol. The number of carbonyl (C=O) groups excluding carboxylic acids is 1. The van der Waals surface area contributed by atoms with Crippen molar-refractivity contribution in [2.75, 3.05) is 25.0 Å². The van der Waals surface area contributed by atoms with Crippen LogP contribution in [0.4, 0.5) is 5.69 Å². The van der Waals surface area contributed by atoms with Gasteiger partial charge < -0.3 is 9.73 Å². The van der Waals surface area contributed by atoms with E-state index in [-0.39, 0.29) is 17.3 Å². The molecular formula is C19H25N3O4S. The third kappa shape index (κ3) is 5.66. The number of carbonyl (C=O) groups is 1. The maximum atomic E-state index is 12.4. The molecule has 2 aromatic rings. The minimum Gasteiger partial charge on any atom is -0.468 e. The monoisotopic (exact) mass is 391 g/mol. The summed E-state index contributed by atoms with van der Waals surface area (Å²) in [5.74, 6) is 0.987. The van der Waals surface area contributed by atoms with E-state index in [9.17, 15) is 13.2 Å². The van der Waals surface area contributed by atoms with Gasteiger partial charge in [-0.3, -0.25) is 9.69 Å². The molecule has 146 valence electrons. The Bertz CT molecular complexity index is 865. The average molecular weight is 391 g/mol. The molecule has 1 aromatic carbocycles. The van der Waals surface area contributed by atoms with E-state index in [0.29, 0.717) is 23.9 Å². The Morgan fingerprint density at radius 3 is 2.89 bits per heavy atom.